The predicted octanol–water partition coefficient (Wildman–Crippen LogP) is 6.00. The van der Waals surface area contributed by atoms with E-state index in [0.29, 0.717) is 41.0 Å². The molecule has 192 valence electrons. The van der Waals surface area contributed by atoms with Gasteiger partial charge in [-0.1, -0.05) is 24.3 Å². The second kappa shape index (κ2) is 8.54. The molecule has 0 saturated heterocycles. The summed E-state index contributed by atoms with van der Waals surface area (Å²) in [5.74, 6) is -0.547. The molecule has 2 aromatic carbocycles. The lowest BCUT2D eigenvalue weighted by atomic mass is 9.94. The first-order valence-electron chi connectivity index (χ1n) is 11.9. The zero-order chi connectivity index (χ0) is 26.6. The minimum atomic E-state index is -3.72. The Hall–Kier alpha value is -4.01. The Morgan fingerprint density at radius 2 is 1.73 bits per heavy atom. The van der Waals surface area contributed by atoms with Gasteiger partial charge in [0, 0.05) is 5.56 Å². The standard InChI is InChI=1S/C28H26F2N2O5/c1-16-8-11-22(31-23(16)17-6-5-7-18(14-17)24(33)37-26(2,3)4)32-25(34)27(12-13-27)19-9-10-20-21(15-19)36-28(29,30)35-20/h5-11,14-15H,12-13H2,1-4H3,(H,31,32,34). The fraction of sp³-hybridized carbons (Fsp3) is 0.321. The molecule has 1 fully saturated rings. The molecule has 0 unspecified atom stereocenters. The number of hydrogen-bond acceptors (Lipinski definition) is 6. The molecule has 7 nitrogen and oxygen atoms in total. The number of rotatable bonds is 5. The van der Waals surface area contributed by atoms with Gasteiger partial charge in [0.25, 0.3) is 0 Å². The largest absolute Gasteiger partial charge is 0.586 e. The van der Waals surface area contributed by atoms with Crippen molar-refractivity contribution in [2.75, 3.05) is 5.32 Å². The van der Waals surface area contributed by atoms with Gasteiger partial charge in [0.15, 0.2) is 11.5 Å². The van der Waals surface area contributed by atoms with Crippen LogP contribution < -0.4 is 14.8 Å². The third kappa shape index (κ3) is 4.98. The number of aryl methyl sites for hydroxylation is 1. The Balaban J connectivity index is 1.37. The number of hydrogen-bond donors (Lipinski definition) is 1. The van der Waals surface area contributed by atoms with Gasteiger partial charge in [-0.3, -0.25) is 4.79 Å². The van der Waals surface area contributed by atoms with Crippen molar-refractivity contribution >= 4 is 17.7 Å². The van der Waals surface area contributed by atoms with E-state index < -0.39 is 23.3 Å². The lowest BCUT2D eigenvalue weighted by Gasteiger charge is -2.19. The summed E-state index contributed by atoms with van der Waals surface area (Å²) < 4.78 is 41.3. The molecule has 37 heavy (non-hydrogen) atoms. The molecule has 1 aromatic heterocycles. The van der Waals surface area contributed by atoms with Crippen LogP contribution in [-0.2, 0) is 14.9 Å². The quantitative estimate of drug-likeness (QED) is 0.425. The molecule has 5 rings (SSSR count). The summed E-state index contributed by atoms with van der Waals surface area (Å²) in [6.45, 7) is 7.30. The van der Waals surface area contributed by atoms with E-state index in [0.717, 1.165) is 5.56 Å². The van der Waals surface area contributed by atoms with E-state index in [2.05, 4.69) is 19.8 Å². The van der Waals surface area contributed by atoms with Crippen LogP contribution >= 0.6 is 0 Å². The van der Waals surface area contributed by atoms with E-state index in [9.17, 15) is 18.4 Å². The third-order valence-electron chi connectivity index (χ3n) is 6.25. The van der Waals surface area contributed by atoms with E-state index in [1.807, 2.05) is 19.1 Å². The van der Waals surface area contributed by atoms with Gasteiger partial charge in [-0.2, -0.15) is 0 Å². The second-order valence-corrected chi connectivity index (χ2v) is 10.3. The van der Waals surface area contributed by atoms with Crippen molar-refractivity contribution in [3.8, 4) is 22.8 Å². The lowest BCUT2D eigenvalue weighted by molar-refractivity contribution is -0.286. The van der Waals surface area contributed by atoms with Crippen molar-refractivity contribution in [2.24, 2.45) is 0 Å². The van der Waals surface area contributed by atoms with Gasteiger partial charge in [-0.15, -0.1) is 8.78 Å². The molecule has 0 spiro atoms. The Labute approximate surface area is 212 Å². The first kappa shape index (κ1) is 24.7. The van der Waals surface area contributed by atoms with Crippen LogP contribution in [0.3, 0.4) is 0 Å². The topological polar surface area (TPSA) is 86.8 Å². The molecule has 1 N–H and O–H groups in total. The Kier molecular flexibility index (Phi) is 5.69. The number of carbonyl (C=O) groups is 2. The summed E-state index contributed by atoms with van der Waals surface area (Å²) in [5.41, 5.74) is 1.66. The fourth-order valence-corrected chi connectivity index (χ4v) is 4.28. The number of benzene rings is 2. The SMILES string of the molecule is Cc1ccc(NC(=O)C2(c3ccc4c(c3)OC(F)(F)O4)CC2)nc1-c1cccc(C(=O)OC(C)(C)C)c1. The number of alkyl halides is 2. The van der Waals surface area contributed by atoms with Crippen molar-refractivity contribution < 1.29 is 32.6 Å². The number of esters is 1. The highest BCUT2D eigenvalue weighted by Crippen LogP contribution is 2.52. The van der Waals surface area contributed by atoms with E-state index >= 15 is 0 Å². The molecule has 1 saturated carbocycles. The number of carbonyl (C=O) groups excluding carboxylic acids is 2. The maximum atomic E-state index is 13.4. The molecule has 1 aliphatic carbocycles. The zero-order valence-electron chi connectivity index (χ0n) is 20.9. The minimum Gasteiger partial charge on any atom is -0.456 e. The van der Waals surface area contributed by atoms with Crippen LogP contribution in [0, 0.1) is 6.92 Å². The Morgan fingerprint density at radius 3 is 2.43 bits per heavy atom. The molecule has 0 radical (unpaired) electrons. The second-order valence-electron chi connectivity index (χ2n) is 10.3. The number of halogens is 2. The summed E-state index contributed by atoms with van der Waals surface area (Å²) in [6.07, 6.45) is -2.60. The van der Waals surface area contributed by atoms with E-state index in [-0.39, 0.29) is 17.4 Å². The van der Waals surface area contributed by atoms with E-state index in [1.54, 1.807) is 51.1 Å². The summed E-state index contributed by atoms with van der Waals surface area (Å²) in [6, 6.07) is 14.9. The molecule has 0 bridgehead atoms. The number of ether oxygens (including phenoxy) is 3. The number of pyridine rings is 1. The van der Waals surface area contributed by atoms with Crippen LogP contribution in [0.25, 0.3) is 11.3 Å². The molecule has 2 heterocycles. The van der Waals surface area contributed by atoms with Gasteiger partial charge in [0.2, 0.25) is 5.91 Å². The van der Waals surface area contributed by atoms with Gasteiger partial charge in [-0.05, 0) is 82.0 Å². The summed E-state index contributed by atoms with van der Waals surface area (Å²) >= 11 is 0. The molecule has 0 atom stereocenters. The van der Waals surface area contributed by atoms with Gasteiger partial charge in [0.1, 0.15) is 11.4 Å². The van der Waals surface area contributed by atoms with Crippen LogP contribution in [-0.4, -0.2) is 28.8 Å². The van der Waals surface area contributed by atoms with Crippen molar-refractivity contribution in [3.05, 3.63) is 71.3 Å². The van der Waals surface area contributed by atoms with Crippen molar-refractivity contribution in [1.29, 1.82) is 0 Å². The highest BCUT2D eigenvalue weighted by molar-refractivity contribution is 6.01. The van der Waals surface area contributed by atoms with Crippen molar-refractivity contribution in [1.82, 2.24) is 4.98 Å². The van der Waals surface area contributed by atoms with Gasteiger partial charge < -0.3 is 19.5 Å². The van der Waals surface area contributed by atoms with Crippen molar-refractivity contribution in [2.45, 2.75) is 57.8 Å². The van der Waals surface area contributed by atoms with Gasteiger partial charge in [0.05, 0.1) is 16.7 Å². The summed E-state index contributed by atoms with van der Waals surface area (Å²) in [5, 5.41) is 2.87. The fourth-order valence-electron chi connectivity index (χ4n) is 4.28. The molecule has 3 aromatic rings. The summed E-state index contributed by atoms with van der Waals surface area (Å²) in [4.78, 5) is 30.5. The average molecular weight is 509 g/mol. The molecular formula is C28H26F2N2O5. The number of nitrogens with zero attached hydrogens (tertiary/aromatic N) is 1. The number of aromatic nitrogens is 1. The summed E-state index contributed by atoms with van der Waals surface area (Å²) in [7, 11) is 0. The number of nitrogens with one attached hydrogen (secondary N) is 1. The Bertz CT molecular complexity index is 1410. The van der Waals surface area contributed by atoms with Crippen LogP contribution in [0.15, 0.2) is 54.6 Å². The highest BCUT2D eigenvalue weighted by atomic mass is 19.3. The van der Waals surface area contributed by atoms with Crippen LogP contribution in [0.5, 0.6) is 11.5 Å². The predicted molar refractivity (Wildman–Crippen MR) is 132 cm³/mol. The van der Waals surface area contributed by atoms with Gasteiger partial charge >= 0.3 is 12.3 Å². The smallest absolute Gasteiger partial charge is 0.456 e. The third-order valence-corrected chi connectivity index (χ3v) is 6.25. The molecule has 1 aliphatic heterocycles. The first-order valence-corrected chi connectivity index (χ1v) is 11.9. The molecular weight excluding hydrogens is 482 g/mol. The monoisotopic (exact) mass is 508 g/mol. The zero-order valence-corrected chi connectivity index (χ0v) is 20.9. The normalized spacial score (nSPS) is 16.7. The van der Waals surface area contributed by atoms with Gasteiger partial charge in [-0.25, -0.2) is 9.78 Å². The minimum absolute atomic E-state index is 0.0663. The van der Waals surface area contributed by atoms with E-state index in [1.165, 1.54) is 12.1 Å². The molecule has 2 aliphatic rings. The molecule has 1 amide bonds. The average Bonchev–Trinajstić information content (AvgIpc) is 3.56. The van der Waals surface area contributed by atoms with Crippen LogP contribution in [0.4, 0.5) is 14.6 Å². The Morgan fingerprint density at radius 1 is 1.00 bits per heavy atom. The first-order chi connectivity index (χ1) is 17.4. The maximum Gasteiger partial charge on any atom is 0.586 e. The highest BCUT2D eigenvalue weighted by Gasteiger charge is 2.53. The maximum absolute atomic E-state index is 13.4. The van der Waals surface area contributed by atoms with E-state index in [4.69, 9.17) is 4.74 Å². The van der Waals surface area contributed by atoms with Crippen LogP contribution in [0.1, 0.15) is 55.1 Å². The number of amides is 1. The van der Waals surface area contributed by atoms with Crippen LogP contribution in [0.2, 0.25) is 0 Å². The molecule has 9 heteroatoms. The number of fused-ring (bicyclic) bond motifs is 1. The number of anilines is 1. The lowest BCUT2D eigenvalue weighted by Crippen LogP contribution is -2.28. The van der Waals surface area contributed by atoms with Crippen molar-refractivity contribution in [3.63, 3.8) is 0 Å².